The number of rotatable bonds is 5. The zero-order valence-electron chi connectivity index (χ0n) is 14.9. The second-order valence-electron chi connectivity index (χ2n) is 5.81. The lowest BCUT2D eigenvalue weighted by atomic mass is 10.1. The molecular weight excluding hydrogens is 364 g/mol. The molecule has 27 heavy (non-hydrogen) atoms. The molecule has 2 aromatic rings. The molecule has 1 amide bonds. The molecule has 0 radical (unpaired) electrons. The van der Waals surface area contributed by atoms with Gasteiger partial charge in [0, 0.05) is 19.7 Å². The van der Waals surface area contributed by atoms with E-state index in [1.165, 1.54) is 16.7 Å². The second-order valence-corrected chi connectivity index (χ2v) is 6.82. The molecule has 3 rings (SSSR count). The Bertz CT molecular complexity index is 935. The quantitative estimate of drug-likeness (QED) is 0.801. The van der Waals surface area contributed by atoms with Crippen LogP contribution in [0.15, 0.2) is 58.4 Å². The van der Waals surface area contributed by atoms with Gasteiger partial charge in [0.05, 0.1) is 10.5 Å². The minimum atomic E-state index is -0.960. The Balaban J connectivity index is 1.77. The molecule has 1 fully saturated rings. The number of carboxylic acids is 1. The highest BCUT2D eigenvalue weighted by atomic mass is 32.2. The van der Waals surface area contributed by atoms with Crippen molar-refractivity contribution in [3.8, 4) is 5.75 Å². The van der Waals surface area contributed by atoms with E-state index >= 15 is 0 Å². The van der Waals surface area contributed by atoms with Crippen LogP contribution in [0.2, 0.25) is 0 Å². The number of para-hydroxylation sites is 1. The van der Waals surface area contributed by atoms with Crippen molar-refractivity contribution in [2.75, 3.05) is 14.1 Å². The van der Waals surface area contributed by atoms with Crippen molar-refractivity contribution >= 4 is 34.9 Å². The number of carboxylic acid groups (broad SMARTS) is 1. The number of carbonyl (C=O) groups is 2. The summed E-state index contributed by atoms with van der Waals surface area (Å²) >= 11 is 1.33. The molecular formula is C20H18N2O4S. The van der Waals surface area contributed by atoms with Gasteiger partial charge >= 0.3 is 5.97 Å². The van der Waals surface area contributed by atoms with E-state index in [0.717, 1.165) is 11.1 Å². The van der Waals surface area contributed by atoms with E-state index in [2.05, 4.69) is 4.99 Å². The molecule has 0 aromatic heterocycles. The number of hydrogen-bond acceptors (Lipinski definition) is 5. The smallest absolute Gasteiger partial charge is 0.335 e. The standard InChI is InChI=1S/C20H18N2O4S/c1-21-20-22(2)18(23)17(27-20)11-15-5-3-4-6-16(15)26-12-13-7-9-14(10-8-13)19(24)25/h3-11H,12H2,1-2H3,(H,24,25)/b17-11-,21-20?. The van der Waals surface area contributed by atoms with Crippen molar-refractivity contribution in [2.24, 2.45) is 4.99 Å². The van der Waals surface area contributed by atoms with Crippen LogP contribution < -0.4 is 4.74 Å². The van der Waals surface area contributed by atoms with Crippen LogP contribution in [0.25, 0.3) is 6.08 Å². The number of nitrogens with zero attached hydrogens (tertiary/aromatic N) is 2. The van der Waals surface area contributed by atoms with E-state index in [1.54, 1.807) is 44.4 Å². The average molecular weight is 382 g/mol. The molecule has 0 aliphatic carbocycles. The van der Waals surface area contributed by atoms with E-state index in [9.17, 15) is 9.59 Å². The van der Waals surface area contributed by atoms with Gasteiger partial charge in [0.1, 0.15) is 12.4 Å². The van der Waals surface area contributed by atoms with Gasteiger partial charge in [0.25, 0.3) is 5.91 Å². The maximum absolute atomic E-state index is 12.3. The summed E-state index contributed by atoms with van der Waals surface area (Å²) in [4.78, 5) is 29.4. The Morgan fingerprint density at radius 3 is 2.56 bits per heavy atom. The highest BCUT2D eigenvalue weighted by Crippen LogP contribution is 2.33. The van der Waals surface area contributed by atoms with Crippen LogP contribution in [0.5, 0.6) is 5.75 Å². The van der Waals surface area contributed by atoms with E-state index in [1.807, 2.05) is 24.3 Å². The van der Waals surface area contributed by atoms with E-state index in [-0.39, 0.29) is 11.5 Å². The number of aromatic carboxylic acids is 1. The monoisotopic (exact) mass is 382 g/mol. The van der Waals surface area contributed by atoms with E-state index in [4.69, 9.17) is 9.84 Å². The van der Waals surface area contributed by atoms with Gasteiger partial charge in [-0.3, -0.25) is 14.7 Å². The number of amidine groups is 1. The molecule has 1 aliphatic heterocycles. The maximum atomic E-state index is 12.3. The number of carbonyl (C=O) groups excluding carboxylic acids is 1. The van der Waals surface area contributed by atoms with Crippen LogP contribution in [0.1, 0.15) is 21.5 Å². The molecule has 1 N–H and O–H groups in total. The van der Waals surface area contributed by atoms with Crippen molar-refractivity contribution in [1.29, 1.82) is 0 Å². The Morgan fingerprint density at radius 2 is 1.93 bits per heavy atom. The number of amides is 1. The Kier molecular flexibility index (Phi) is 5.61. The summed E-state index contributed by atoms with van der Waals surface area (Å²) in [5.74, 6) is -0.414. The lowest BCUT2D eigenvalue weighted by Crippen LogP contribution is -2.23. The number of thioether (sulfide) groups is 1. The highest BCUT2D eigenvalue weighted by Gasteiger charge is 2.29. The summed E-state index contributed by atoms with van der Waals surface area (Å²) in [7, 11) is 3.35. The normalized spacial score (nSPS) is 17.0. The SMILES string of the molecule is CN=C1S/C(=C\c2ccccc2OCc2ccc(C(=O)O)cc2)C(=O)N1C. The summed E-state index contributed by atoms with van der Waals surface area (Å²) < 4.78 is 5.89. The lowest BCUT2D eigenvalue weighted by molar-refractivity contribution is -0.121. The minimum Gasteiger partial charge on any atom is -0.488 e. The van der Waals surface area contributed by atoms with Crippen LogP contribution in [0, 0.1) is 0 Å². The van der Waals surface area contributed by atoms with Crippen LogP contribution >= 0.6 is 11.8 Å². The number of aliphatic imine (C=N–C) groups is 1. The number of ether oxygens (including phenoxy) is 1. The Morgan fingerprint density at radius 1 is 1.22 bits per heavy atom. The molecule has 0 unspecified atom stereocenters. The first-order chi connectivity index (χ1) is 13.0. The molecule has 138 valence electrons. The fourth-order valence-corrected chi connectivity index (χ4v) is 3.44. The number of benzene rings is 2. The molecule has 0 spiro atoms. The fourth-order valence-electron chi connectivity index (χ4n) is 2.53. The molecule has 6 nitrogen and oxygen atoms in total. The number of hydrogen-bond donors (Lipinski definition) is 1. The maximum Gasteiger partial charge on any atom is 0.335 e. The molecule has 0 saturated carbocycles. The zero-order chi connectivity index (χ0) is 19.4. The fraction of sp³-hybridized carbons (Fsp3) is 0.150. The van der Waals surface area contributed by atoms with Gasteiger partial charge in [0.15, 0.2) is 5.17 Å². The van der Waals surface area contributed by atoms with Crippen molar-refractivity contribution in [2.45, 2.75) is 6.61 Å². The zero-order valence-corrected chi connectivity index (χ0v) is 15.7. The van der Waals surface area contributed by atoms with Crippen LogP contribution in [-0.4, -0.2) is 41.1 Å². The predicted molar refractivity (Wildman–Crippen MR) is 106 cm³/mol. The Labute approximate surface area is 161 Å². The first-order valence-electron chi connectivity index (χ1n) is 8.18. The van der Waals surface area contributed by atoms with Gasteiger partial charge in [-0.2, -0.15) is 0 Å². The third-order valence-corrected chi connectivity index (χ3v) is 5.15. The summed E-state index contributed by atoms with van der Waals surface area (Å²) in [6.45, 7) is 0.294. The molecule has 0 atom stereocenters. The largest absolute Gasteiger partial charge is 0.488 e. The van der Waals surface area contributed by atoms with E-state index < -0.39 is 5.97 Å². The first kappa shape index (κ1) is 18.7. The van der Waals surface area contributed by atoms with Gasteiger partial charge in [-0.05, 0) is 41.6 Å². The lowest BCUT2D eigenvalue weighted by Gasteiger charge is -2.10. The van der Waals surface area contributed by atoms with Gasteiger partial charge in [-0.25, -0.2) is 4.79 Å². The van der Waals surface area contributed by atoms with E-state index in [0.29, 0.717) is 22.4 Å². The highest BCUT2D eigenvalue weighted by molar-refractivity contribution is 8.18. The van der Waals surface area contributed by atoms with Crippen molar-refractivity contribution < 1.29 is 19.4 Å². The van der Waals surface area contributed by atoms with Crippen LogP contribution in [0.4, 0.5) is 0 Å². The average Bonchev–Trinajstić information content (AvgIpc) is 2.95. The van der Waals surface area contributed by atoms with Crippen molar-refractivity contribution in [1.82, 2.24) is 4.90 Å². The van der Waals surface area contributed by atoms with Gasteiger partial charge < -0.3 is 9.84 Å². The number of likely N-dealkylation sites (N-methyl/N-ethyl adjacent to an activating group) is 1. The summed E-state index contributed by atoms with van der Waals surface area (Å²) in [5.41, 5.74) is 1.88. The summed E-state index contributed by atoms with van der Waals surface area (Å²) in [5, 5.41) is 9.61. The van der Waals surface area contributed by atoms with Crippen LogP contribution in [-0.2, 0) is 11.4 Å². The molecule has 0 bridgehead atoms. The van der Waals surface area contributed by atoms with Gasteiger partial charge in [0.2, 0.25) is 0 Å². The van der Waals surface area contributed by atoms with Gasteiger partial charge in [-0.1, -0.05) is 30.3 Å². The second kappa shape index (κ2) is 8.09. The molecule has 2 aromatic carbocycles. The molecule has 7 heteroatoms. The topological polar surface area (TPSA) is 79.2 Å². The third kappa shape index (κ3) is 4.20. The Hall–Kier alpha value is -3.06. The molecule has 1 aliphatic rings. The van der Waals surface area contributed by atoms with Crippen molar-refractivity contribution in [3.05, 3.63) is 70.1 Å². The van der Waals surface area contributed by atoms with Crippen molar-refractivity contribution in [3.63, 3.8) is 0 Å². The molecule has 1 heterocycles. The molecule has 1 saturated heterocycles. The summed E-state index contributed by atoms with van der Waals surface area (Å²) in [6.07, 6.45) is 1.80. The minimum absolute atomic E-state index is 0.0975. The predicted octanol–water partition coefficient (Wildman–Crippen LogP) is 3.50. The van der Waals surface area contributed by atoms with Crippen LogP contribution in [0.3, 0.4) is 0 Å². The third-order valence-electron chi connectivity index (χ3n) is 4.00. The summed E-state index contributed by atoms with van der Waals surface area (Å²) in [6, 6.07) is 14.0. The first-order valence-corrected chi connectivity index (χ1v) is 8.99. The van der Waals surface area contributed by atoms with Gasteiger partial charge in [-0.15, -0.1) is 0 Å².